The van der Waals surface area contributed by atoms with Crippen molar-refractivity contribution >= 4 is 17.4 Å². The molecule has 5 heteroatoms. The fourth-order valence-electron chi connectivity index (χ4n) is 2.58. The second-order valence-electron chi connectivity index (χ2n) is 5.14. The van der Waals surface area contributed by atoms with Crippen LogP contribution in [-0.2, 0) is 13.1 Å². The van der Waals surface area contributed by atoms with Crippen LogP contribution in [0.2, 0.25) is 0 Å². The molecule has 0 atom stereocenters. The van der Waals surface area contributed by atoms with Crippen LogP contribution < -0.4 is 10.2 Å². The Morgan fingerprint density at radius 2 is 2.10 bits per heavy atom. The molecular weight excluding hydrogens is 264 g/mol. The normalized spacial score (nSPS) is 14.1. The Kier molecular flexibility index (Phi) is 3.48. The number of aromatic nitrogens is 1. The fourth-order valence-corrected chi connectivity index (χ4v) is 2.58. The zero-order valence-corrected chi connectivity index (χ0v) is 12.2. The summed E-state index contributed by atoms with van der Waals surface area (Å²) in [4.78, 5) is 20.3. The number of nitrogens with zero attached hydrogens (tertiary/aromatic N) is 3. The summed E-state index contributed by atoms with van der Waals surface area (Å²) in [5.74, 6) is 0. The van der Waals surface area contributed by atoms with Gasteiger partial charge < -0.3 is 10.2 Å². The van der Waals surface area contributed by atoms with Crippen molar-refractivity contribution in [2.75, 3.05) is 24.3 Å². The van der Waals surface area contributed by atoms with Gasteiger partial charge in [0.2, 0.25) is 0 Å². The molecule has 5 nitrogen and oxygen atoms in total. The number of nitrogens with one attached hydrogen (secondary N) is 1. The van der Waals surface area contributed by atoms with E-state index in [-0.39, 0.29) is 6.03 Å². The number of carbonyl (C=O) groups excluding carboxylic acids is 1. The van der Waals surface area contributed by atoms with Gasteiger partial charge in [-0.2, -0.15) is 0 Å². The smallest absolute Gasteiger partial charge is 0.324 e. The summed E-state index contributed by atoms with van der Waals surface area (Å²) in [6.07, 6.45) is 1.76. The SMILES string of the molecule is CNc1ccnc(CN2C(=O)N(C)Cc3ccccc32)c1. The predicted molar refractivity (Wildman–Crippen MR) is 83.3 cm³/mol. The zero-order valence-electron chi connectivity index (χ0n) is 12.2. The quantitative estimate of drug-likeness (QED) is 0.941. The molecule has 2 aromatic rings. The summed E-state index contributed by atoms with van der Waals surface area (Å²) in [6, 6.07) is 11.9. The summed E-state index contributed by atoms with van der Waals surface area (Å²) in [7, 11) is 3.69. The average Bonchev–Trinajstić information content (AvgIpc) is 2.52. The molecule has 0 fully saturated rings. The maximum atomic E-state index is 12.5. The third kappa shape index (κ3) is 2.54. The average molecular weight is 282 g/mol. The number of fused-ring (bicyclic) bond motifs is 1. The van der Waals surface area contributed by atoms with E-state index < -0.39 is 0 Å². The molecule has 3 rings (SSSR count). The molecule has 1 aromatic carbocycles. The highest BCUT2D eigenvalue weighted by molar-refractivity contribution is 5.94. The van der Waals surface area contributed by atoms with E-state index in [0.29, 0.717) is 13.1 Å². The minimum atomic E-state index is 0.00496. The molecule has 1 aliphatic heterocycles. The van der Waals surface area contributed by atoms with E-state index in [1.807, 2.05) is 44.4 Å². The Morgan fingerprint density at radius 1 is 1.29 bits per heavy atom. The highest BCUT2D eigenvalue weighted by atomic mass is 16.2. The summed E-state index contributed by atoms with van der Waals surface area (Å²) >= 11 is 0. The van der Waals surface area contributed by atoms with Gasteiger partial charge in [-0.25, -0.2) is 4.79 Å². The summed E-state index contributed by atoms with van der Waals surface area (Å²) in [5.41, 5.74) is 3.98. The molecule has 108 valence electrons. The fraction of sp³-hybridized carbons (Fsp3) is 0.250. The first-order valence-corrected chi connectivity index (χ1v) is 6.92. The molecule has 2 amide bonds. The number of hydrogen-bond donors (Lipinski definition) is 1. The lowest BCUT2D eigenvalue weighted by atomic mass is 10.1. The van der Waals surface area contributed by atoms with Crippen LogP contribution >= 0.6 is 0 Å². The highest BCUT2D eigenvalue weighted by Gasteiger charge is 2.27. The van der Waals surface area contributed by atoms with Crippen LogP contribution in [0.1, 0.15) is 11.3 Å². The van der Waals surface area contributed by atoms with Gasteiger partial charge in [0.25, 0.3) is 0 Å². The first-order chi connectivity index (χ1) is 10.2. The van der Waals surface area contributed by atoms with Crippen LogP contribution in [0, 0.1) is 0 Å². The van der Waals surface area contributed by atoms with Crippen molar-refractivity contribution in [2.45, 2.75) is 13.1 Å². The minimum Gasteiger partial charge on any atom is -0.388 e. The lowest BCUT2D eigenvalue weighted by Gasteiger charge is -2.35. The predicted octanol–water partition coefficient (Wildman–Crippen LogP) is 2.70. The summed E-state index contributed by atoms with van der Waals surface area (Å²) in [6.45, 7) is 1.12. The number of benzene rings is 1. The number of rotatable bonds is 3. The molecule has 2 heterocycles. The maximum Gasteiger partial charge on any atom is 0.324 e. The molecule has 0 aliphatic carbocycles. The lowest BCUT2D eigenvalue weighted by molar-refractivity contribution is 0.210. The van der Waals surface area contributed by atoms with Crippen molar-refractivity contribution in [1.29, 1.82) is 0 Å². The highest BCUT2D eigenvalue weighted by Crippen LogP contribution is 2.29. The van der Waals surface area contributed by atoms with Crippen LogP contribution in [0.4, 0.5) is 16.2 Å². The molecule has 0 spiro atoms. The van der Waals surface area contributed by atoms with Gasteiger partial charge in [0.15, 0.2) is 0 Å². The second-order valence-corrected chi connectivity index (χ2v) is 5.14. The zero-order chi connectivity index (χ0) is 14.8. The van der Waals surface area contributed by atoms with E-state index in [2.05, 4.69) is 16.4 Å². The third-order valence-electron chi connectivity index (χ3n) is 3.67. The summed E-state index contributed by atoms with van der Waals surface area (Å²) in [5, 5.41) is 3.09. The minimum absolute atomic E-state index is 0.00496. The number of carbonyl (C=O) groups is 1. The molecule has 1 aliphatic rings. The molecular formula is C16H18N4O. The van der Waals surface area contributed by atoms with E-state index in [1.54, 1.807) is 16.0 Å². The number of anilines is 2. The summed E-state index contributed by atoms with van der Waals surface area (Å²) < 4.78 is 0. The van der Waals surface area contributed by atoms with Crippen molar-refractivity contribution in [1.82, 2.24) is 9.88 Å². The molecule has 0 bridgehead atoms. The second kappa shape index (κ2) is 5.44. The van der Waals surface area contributed by atoms with Crippen LogP contribution in [0.15, 0.2) is 42.6 Å². The Labute approximate surface area is 124 Å². The van der Waals surface area contributed by atoms with E-state index in [9.17, 15) is 4.79 Å². The van der Waals surface area contributed by atoms with Crippen LogP contribution in [0.3, 0.4) is 0 Å². The number of amides is 2. The largest absolute Gasteiger partial charge is 0.388 e. The molecule has 0 saturated carbocycles. The van der Waals surface area contributed by atoms with Crippen LogP contribution in [0.5, 0.6) is 0 Å². The Morgan fingerprint density at radius 3 is 2.90 bits per heavy atom. The van der Waals surface area contributed by atoms with Gasteiger partial charge in [-0.3, -0.25) is 9.88 Å². The van der Waals surface area contributed by atoms with Crippen LogP contribution in [-0.4, -0.2) is 30.0 Å². The lowest BCUT2D eigenvalue weighted by Crippen LogP contribution is -2.44. The van der Waals surface area contributed by atoms with Gasteiger partial charge in [-0.05, 0) is 23.8 Å². The van der Waals surface area contributed by atoms with Gasteiger partial charge in [0, 0.05) is 32.5 Å². The van der Waals surface area contributed by atoms with Crippen molar-refractivity contribution in [2.24, 2.45) is 0 Å². The monoisotopic (exact) mass is 282 g/mol. The number of urea groups is 1. The van der Waals surface area contributed by atoms with E-state index in [0.717, 1.165) is 22.6 Å². The number of para-hydroxylation sites is 1. The Hall–Kier alpha value is -2.56. The molecule has 1 N–H and O–H groups in total. The molecule has 0 saturated heterocycles. The van der Waals surface area contributed by atoms with Crippen molar-refractivity contribution < 1.29 is 4.79 Å². The molecule has 0 radical (unpaired) electrons. The standard InChI is InChI=1S/C16H18N4O/c1-17-13-7-8-18-14(9-13)11-20-15-6-4-3-5-12(15)10-19(2)16(20)21/h3-9H,10-11H2,1-2H3,(H,17,18). The Bertz CT molecular complexity index is 671. The van der Waals surface area contributed by atoms with Gasteiger partial charge in [0.05, 0.1) is 17.9 Å². The topological polar surface area (TPSA) is 48.5 Å². The van der Waals surface area contributed by atoms with Gasteiger partial charge in [-0.15, -0.1) is 0 Å². The van der Waals surface area contributed by atoms with Crippen molar-refractivity contribution in [3.05, 3.63) is 53.9 Å². The van der Waals surface area contributed by atoms with Gasteiger partial charge in [0.1, 0.15) is 0 Å². The van der Waals surface area contributed by atoms with Crippen molar-refractivity contribution in [3.63, 3.8) is 0 Å². The molecule has 0 unspecified atom stereocenters. The molecule has 1 aromatic heterocycles. The Balaban J connectivity index is 1.94. The number of hydrogen-bond acceptors (Lipinski definition) is 3. The van der Waals surface area contributed by atoms with Gasteiger partial charge in [-0.1, -0.05) is 18.2 Å². The maximum absolute atomic E-state index is 12.5. The number of pyridine rings is 1. The van der Waals surface area contributed by atoms with E-state index in [4.69, 9.17) is 0 Å². The molecule has 21 heavy (non-hydrogen) atoms. The third-order valence-corrected chi connectivity index (χ3v) is 3.67. The first kappa shape index (κ1) is 13.4. The first-order valence-electron chi connectivity index (χ1n) is 6.92. The van der Waals surface area contributed by atoms with Crippen LogP contribution in [0.25, 0.3) is 0 Å². The van der Waals surface area contributed by atoms with E-state index >= 15 is 0 Å². The van der Waals surface area contributed by atoms with E-state index in [1.165, 1.54) is 0 Å². The van der Waals surface area contributed by atoms with Crippen molar-refractivity contribution in [3.8, 4) is 0 Å². The van der Waals surface area contributed by atoms with Gasteiger partial charge >= 0.3 is 6.03 Å².